The predicted octanol–water partition coefficient (Wildman–Crippen LogP) is 2.70. The van der Waals surface area contributed by atoms with Crippen LogP contribution in [0.2, 0.25) is 0 Å². The maximum absolute atomic E-state index is 12.3. The number of amides is 1. The van der Waals surface area contributed by atoms with Crippen LogP contribution in [0.5, 0.6) is 0 Å². The Morgan fingerprint density at radius 3 is 2.56 bits per heavy atom. The first-order chi connectivity index (χ1) is 12.9. The second-order valence-corrected chi connectivity index (χ2v) is 6.35. The van der Waals surface area contributed by atoms with Crippen LogP contribution in [-0.2, 0) is 16.1 Å². The summed E-state index contributed by atoms with van der Waals surface area (Å²) in [6, 6.07) is 16.2. The molecule has 0 aliphatic carbocycles. The second kappa shape index (κ2) is 7.86. The zero-order chi connectivity index (χ0) is 19.4. The molecular weight excluding hydrogens is 344 g/mol. The van der Waals surface area contributed by atoms with E-state index in [1.54, 1.807) is 24.3 Å². The molecule has 0 spiro atoms. The number of esters is 1. The number of nitrogens with one attached hydrogen (secondary N) is 2. The Balaban J connectivity index is 1.63. The van der Waals surface area contributed by atoms with Crippen molar-refractivity contribution in [3.05, 3.63) is 81.8 Å². The molecular formula is C21H20N2O4. The number of ether oxygens (including phenoxy) is 1. The van der Waals surface area contributed by atoms with Crippen LogP contribution in [0.4, 0.5) is 0 Å². The highest BCUT2D eigenvalue weighted by atomic mass is 16.5. The van der Waals surface area contributed by atoms with Crippen molar-refractivity contribution in [2.24, 2.45) is 0 Å². The molecule has 0 saturated carbocycles. The molecule has 3 rings (SSSR count). The molecule has 0 aliphatic rings. The Kier molecular flexibility index (Phi) is 5.35. The fourth-order valence-corrected chi connectivity index (χ4v) is 2.64. The molecule has 1 amide bonds. The summed E-state index contributed by atoms with van der Waals surface area (Å²) in [5.74, 6) is -1.16. The Morgan fingerprint density at radius 2 is 1.81 bits per heavy atom. The van der Waals surface area contributed by atoms with Crippen LogP contribution in [0.25, 0.3) is 10.8 Å². The zero-order valence-electron chi connectivity index (χ0n) is 15.1. The van der Waals surface area contributed by atoms with E-state index in [1.807, 2.05) is 31.2 Å². The first-order valence-electron chi connectivity index (χ1n) is 8.60. The van der Waals surface area contributed by atoms with Crippen molar-refractivity contribution in [3.8, 4) is 0 Å². The highest BCUT2D eigenvalue weighted by Crippen LogP contribution is 2.11. The van der Waals surface area contributed by atoms with Crippen LogP contribution in [0.3, 0.4) is 0 Å². The number of pyridine rings is 1. The molecule has 138 valence electrons. The molecule has 1 atom stereocenters. The number of H-pyrrole nitrogens is 1. The fraction of sp³-hybridized carbons (Fsp3) is 0.190. The largest absolute Gasteiger partial charge is 0.448 e. The van der Waals surface area contributed by atoms with Gasteiger partial charge in [-0.15, -0.1) is 0 Å². The maximum Gasteiger partial charge on any atom is 0.355 e. The summed E-state index contributed by atoms with van der Waals surface area (Å²) < 4.78 is 5.19. The van der Waals surface area contributed by atoms with Crippen molar-refractivity contribution in [3.63, 3.8) is 0 Å². The number of fused-ring (bicyclic) bond motifs is 1. The molecule has 0 fully saturated rings. The Bertz CT molecular complexity index is 1040. The summed E-state index contributed by atoms with van der Waals surface area (Å²) in [6.45, 7) is 3.82. The summed E-state index contributed by atoms with van der Waals surface area (Å²) >= 11 is 0. The highest BCUT2D eigenvalue weighted by molar-refractivity contribution is 5.94. The Hall–Kier alpha value is -3.41. The van der Waals surface area contributed by atoms with Crippen molar-refractivity contribution in [1.82, 2.24) is 10.3 Å². The third-order valence-electron chi connectivity index (χ3n) is 4.21. The minimum atomic E-state index is -0.988. The topological polar surface area (TPSA) is 88.3 Å². The predicted molar refractivity (Wildman–Crippen MR) is 102 cm³/mol. The molecule has 2 N–H and O–H groups in total. The third-order valence-corrected chi connectivity index (χ3v) is 4.21. The van der Waals surface area contributed by atoms with Gasteiger partial charge in [-0.2, -0.15) is 0 Å². The summed E-state index contributed by atoms with van der Waals surface area (Å²) in [5.41, 5.74) is 1.72. The van der Waals surface area contributed by atoms with E-state index in [9.17, 15) is 14.4 Å². The number of rotatable bonds is 5. The molecule has 1 aromatic heterocycles. The minimum Gasteiger partial charge on any atom is -0.448 e. The first kappa shape index (κ1) is 18.4. The normalized spacial score (nSPS) is 11.8. The monoisotopic (exact) mass is 364 g/mol. The van der Waals surface area contributed by atoms with Gasteiger partial charge >= 0.3 is 5.97 Å². The van der Waals surface area contributed by atoms with Crippen molar-refractivity contribution in [2.75, 3.05) is 0 Å². The molecule has 2 aromatic carbocycles. The summed E-state index contributed by atoms with van der Waals surface area (Å²) in [6.07, 6.45) is -0.988. The van der Waals surface area contributed by atoms with E-state index in [1.165, 1.54) is 13.0 Å². The van der Waals surface area contributed by atoms with Gasteiger partial charge < -0.3 is 15.0 Å². The van der Waals surface area contributed by atoms with Crippen LogP contribution in [0.15, 0.2) is 59.4 Å². The van der Waals surface area contributed by atoms with Crippen LogP contribution in [0.1, 0.15) is 28.5 Å². The highest BCUT2D eigenvalue weighted by Gasteiger charge is 2.19. The van der Waals surface area contributed by atoms with Crippen molar-refractivity contribution in [2.45, 2.75) is 26.5 Å². The van der Waals surface area contributed by atoms with Crippen molar-refractivity contribution in [1.29, 1.82) is 0 Å². The van der Waals surface area contributed by atoms with Gasteiger partial charge in [0.25, 0.3) is 11.5 Å². The van der Waals surface area contributed by atoms with E-state index >= 15 is 0 Å². The van der Waals surface area contributed by atoms with E-state index in [2.05, 4.69) is 10.3 Å². The standard InChI is InChI=1S/C21H20N2O4/c1-13-7-9-15(10-8-13)12-22-19(24)14(2)27-21(26)18-11-16-5-3-4-6-17(16)20(25)23-18/h3-11,14H,12H2,1-2H3,(H,22,24)(H,23,25)/t14-/m0/s1. The molecule has 0 aliphatic heterocycles. The van der Waals surface area contributed by atoms with Gasteiger partial charge in [-0.1, -0.05) is 48.0 Å². The van der Waals surface area contributed by atoms with Gasteiger partial charge in [0.15, 0.2) is 6.10 Å². The van der Waals surface area contributed by atoms with Crippen LogP contribution in [0, 0.1) is 6.92 Å². The van der Waals surface area contributed by atoms with Crippen LogP contribution < -0.4 is 10.9 Å². The number of carbonyl (C=O) groups is 2. The molecule has 0 unspecified atom stereocenters. The van der Waals surface area contributed by atoms with Crippen molar-refractivity contribution < 1.29 is 14.3 Å². The summed E-state index contributed by atoms with van der Waals surface area (Å²) in [4.78, 5) is 39.0. The van der Waals surface area contributed by atoms with Gasteiger partial charge in [0.05, 0.1) is 0 Å². The van der Waals surface area contributed by atoms with Crippen LogP contribution in [-0.4, -0.2) is 23.0 Å². The van der Waals surface area contributed by atoms with Gasteiger partial charge in [-0.05, 0) is 36.9 Å². The summed E-state index contributed by atoms with van der Waals surface area (Å²) in [7, 11) is 0. The Labute approximate surface area is 156 Å². The average Bonchev–Trinajstić information content (AvgIpc) is 2.67. The molecule has 0 bridgehead atoms. The van der Waals surface area contributed by atoms with E-state index < -0.39 is 18.0 Å². The van der Waals surface area contributed by atoms with Gasteiger partial charge in [0.2, 0.25) is 0 Å². The van der Waals surface area contributed by atoms with E-state index in [0.717, 1.165) is 11.1 Å². The van der Waals surface area contributed by atoms with Gasteiger partial charge in [-0.25, -0.2) is 4.79 Å². The molecule has 6 nitrogen and oxygen atoms in total. The molecule has 0 radical (unpaired) electrons. The smallest absolute Gasteiger partial charge is 0.355 e. The lowest BCUT2D eigenvalue weighted by Crippen LogP contribution is -2.35. The molecule has 1 heterocycles. The number of aromatic amines is 1. The SMILES string of the molecule is Cc1ccc(CNC(=O)[C@H](C)OC(=O)c2cc3ccccc3c(=O)[nH]2)cc1. The molecule has 27 heavy (non-hydrogen) atoms. The van der Waals surface area contributed by atoms with Gasteiger partial charge in [-0.3, -0.25) is 9.59 Å². The lowest BCUT2D eigenvalue weighted by Gasteiger charge is -2.14. The lowest BCUT2D eigenvalue weighted by atomic mass is 10.1. The van der Waals surface area contributed by atoms with Crippen LogP contribution >= 0.6 is 0 Å². The number of hydrogen-bond donors (Lipinski definition) is 2. The number of aromatic nitrogens is 1. The lowest BCUT2D eigenvalue weighted by molar-refractivity contribution is -0.129. The molecule has 0 saturated heterocycles. The zero-order valence-corrected chi connectivity index (χ0v) is 15.1. The summed E-state index contributed by atoms with van der Waals surface area (Å²) in [5, 5.41) is 3.84. The quantitative estimate of drug-likeness (QED) is 0.682. The second-order valence-electron chi connectivity index (χ2n) is 6.35. The van der Waals surface area contributed by atoms with E-state index in [0.29, 0.717) is 17.3 Å². The minimum absolute atomic E-state index is 0.0110. The average molecular weight is 364 g/mol. The molecule has 6 heteroatoms. The van der Waals surface area contributed by atoms with E-state index in [4.69, 9.17) is 4.74 Å². The third kappa shape index (κ3) is 4.41. The fourth-order valence-electron chi connectivity index (χ4n) is 2.64. The number of carbonyl (C=O) groups excluding carboxylic acids is 2. The van der Waals surface area contributed by atoms with E-state index in [-0.39, 0.29) is 11.3 Å². The maximum atomic E-state index is 12.3. The molecule has 3 aromatic rings. The van der Waals surface area contributed by atoms with Gasteiger partial charge in [0.1, 0.15) is 5.69 Å². The number of hydrogen-bond acceptors (Lipinski definition) is 4. The van der Waals surface area contributed by atoms with Gasteiger partial charge in [0, 0.05) is 11.9 Å². The Morgan fingerprint density at radius 1 is 1.11 bits per heavy atom. The number of aryl methyl sites for hydroxylation is 1. The first-order valence-corrected chi connectivity index (χ1v) is 8.60. The number of benzene rings is 2. The van der Waals surface area contributed by atoms with Crippen molar-refractivity contribution >= 4 is 22.6 Å².